The lowest BCUT2D eigenvalue weighted by molar-refractivity contribution is -0.130. The Morgan fingerprint density at radius 1 is 1.36 bits per heavy atom. The summed E-state index contributed by atoms with van der Waals surface area (Å²) in [5, 5.41) is 8.79. The number of aliphatic hydroxyl groups is 1. The average Bonchev–Trinajstić information content (AvgIpc) is 2.71. The highest BCUT2D eigenvalue weighted by atomic mass is 16.3. The zero-order valence-corrected chi connectivity index (χ0v) is 10.2. The van der Waals surface area contributed by atoms with Gasteiger partial charge in [-0.1, -0.05) is 27.7 Å². The van der Waals surface area contributed by atoms with Gasteiger partial charge in [-0.3, -0.25) is 4.79 Å². The second kappa shape index (κ2) is 10.5. The molecule has 1 atom stereocenters. The van der Waals surface area contributed by atoms with Crippen LogP contribution in [-0.4, -0.2) is 35.1 Å². The third-order valence-electron chi connectivity index (χ3n) is 1.99. The molecule has 0 aromatic carbocycles. The molecule has 1 aliphatic heterocycles. The molecule has 1 unspecified atom stereocenters. The van der Waals surface area contributed by atoms with Crippen LogP contribution < -0.4 is 0 Å². The van der Waals surface area contributed by atoms with E-state index in [1.54, 1.807) is 11.8 Å². The fourth-order valence-corrected chi connectivity index (χ4v) is 1.44. The number of aliphatic hydroxyl groups excluding tert-OH is 1. The van der Waals surface area contributed by atoms with Crippen LogP contribution in [0.15, 0.2) is 0 Å². The molecule has 1 heterocycles. The molecular formula is C11H25NO2. The first kappa shape index (κ1) is 15.9. The third kappa shape index (κ3) is 5.22. The molecule has 0 aromatic heterocycles. The van der Waals surface area contributed by atoms with E-state index in [0.29, 0.717) is 0 Å². The number of amides is 1. The van der Waals surface area contributed by atoms with Crippen LogP contribution in [-0.2, 0) is 4.79 Å². The van der Waals surface area contributed by atoms with Gasteiger partial charge < -0.3 is 10.0 Å². The van der Waals surface area contributed by atoms with Gasteiger partial charge in [0.1, 0.15) is 0 Å². The molecule has 0 spiro atoms. The van der Waals surface area contributed by atoms with Crippen molar-refractivity contribution in [2.75, 3.05) is 13.2 Å². The first-order valence-corrected chi connectivity index (χ1v) is 5.63. The highest BCUT2D eigenvalue weighted by Crippen LogP contribution is 2.15. The van der Waals surface area contributed by atoms with Gasteiger partial charge in [-0.15, -0.1) is 0 Å². The van der Waals surface area contributed by atoms with Crippen LogP contribution in [0.5, 0.6) is 0 Å². The maximum absolute atomic E-state index is 10.8. The Morgan fingerprint density at radius 3 is 2.14 bits per heavy atom. The lowest BCUT2D eigenvalue weighted by atomic mass is 10.2. The van der Waals surface area contributed by atoms with Gasteiger partial charge in [0.25, 0.3) is 0 Å². The van der Waals surface area contributed by atoms with Crippen LogP contribution in [0.3, 0.4) is 0 Å². The molecule has 1 rings (SSSR count). The molecule has 3 nitrogen and oxygen atoms in total. The summed E-state index contributed by atoms with van der Waals surface area (Å²) in [4.78, 5) is 12.6. The molecule has 1 fully saturated rings. The van der Waals surface area contributed by atoms with Crippen molar-refractivity contribution < 1.29 is 9.90 Å². The summed E-state index contributed by atoms with van der Waals surface area (Å²) in [5.41, 5.74) is 0. The topological polar surface area (TPSA) is 40.5 Å². The van der Waals surface area contributed by atoms with Gasteiger partial charge in [0.2, 0.25) is 5.91 Å². The van der Waals surface area contributed by atoms with Crippen LogP contribution in [0.1, 0.15) is 47.5 Å². The van der Waals surface area contributed by atoms with E-state index in [-0.39, 0.29) is 18.6 Å². The standard InChI is InChI=1S/C7H13NO2.2C2H6/c1-6(10)8-4-2-3-7(8)5-9;2*1-2/h7,9H,2-5H2,1H3;2*1-2H3. The molecule has 0 bridgehead atoms. The van der Waals surface area contributed by atoms with E-state index in [0.717, 1.165) is 19.4 Å². The summed E-state index contributed by atoms with van der Waals surface area (Å²) < 4.78 is 0. The number of hydrogen-bond donors (Lipinski definition) is 1. The van der Waals surface area contributed by atoms with E-state index in [2.05, 4.69) is 0 Å². The van der Waals surface area contributed by atoms with Crippen molar-refractivity contribution in [3.63, 3.8) is 0 Å². The fourth-order valence-electron chi connectivity index (χ4n) is 1.44. The Labute approximate surface area is 88.1 Å². The number of rotatable bonds is 1. The van der Waals surface area contributed by atoms with E-state index in [1.165, 1.54) is 0 Å². The first-order valence-electron chi connectivity index (χ1n) is 5.63. The largest absolute Gasteiger partial charge is 0.394 e. The molecule has 1 saturated heterocycles. The van der Waals surface area contributed by atoms with Gasteiger partial charge in [0.05, 0.1) is 12.6 Å². The van der Waals surface area contributed by atoms with E-state index in [4.69, 9.17) is 5.11 Å². The van der Waals surface area contributed by atoms with Gasteiger partial charge in [-0.2, -0.15) is 0 Å². The summed E-state index contributed by atoms with van der Waals surface area (Å²) in [5.74, 6) is 0.0801. The van der Waals surface area contributed by atoms with Crippen LogP contribution in [0.2, 0.25) is 0 Å². The SMILES string of the molecule is CC.CC.CC(=O)N1CCCC1CO. The maximum atomic E-state index is 10.8. The molecular weight excluding hydrogens is 178 g/mol. The lowest BCUT2D eigenvalue weighted by Crippen LogP contribution is -2.35. The first-order chi connectivity index (χ1) is 6.75. The minimum Gasteiger partial charge on any atom is -0.394 e. The monoisotopic (exact) mass is 203 g/mol. The molecule has 0 radical (unpaired) electrons. The number of carbonyl (C=O) groups is 1. The van der Waals surface area contributed by atoms with Crippen molar-refractivity contribution >= 4 is 5.91 Å². The summed E-state index contributed by atoms with van der Waals surface area (Å²) in [6.07, 6.45) is 1.99. The molecule has 14 heavy (non-hydrogen) atoms. The Hall–Kier alpha value is -0.570. The molecule has 3 heteroatoms. The normalized spacial score (nSPS) is 19.0. The smallest absolute Gasteiger partial charge is 0.219 e. The summed E-state index contributed by atoms with van der Waals surface area (Å²) in [6.45, 7) is 10.5. The van der Waals surface area contributed by atoms with Gasteiger partial charge in [0.15, 0.2) is 0 Å². The third-order valence-corrected chi connectivity index (χ3v) is 1.99. The van der Waals surface area contributed by atoms with Gasteiger partial charge in [0, 0.05) is 13.5 Å². The number of nitrogens with zero attached hydrogens (tertiary/aromatic N) is 1. The molecule has 86 valence electrons. The summed E-state index contributed by atoms with van der Waals surface area (Å²) >= 11 is 0. The Balaban J connectivity index is 0. The maximum Gasteiger partial charge on any atom is 0.219 e. The summed E-state index contributed by atoms with van der Waals surface area (Å²) in [6, 6.07) is 0.0949. The second-order valence-electron chi connectivity index (χ2n) is 2.69. The van der Waals surface area contributed by atoms with Crippen LogP contribution in [0.25, 0.3) is 0 Å². The highest BCUT2D eigenvalue weighted by Gasteiger charge is 2.24. The van der Waals surface area contributed by atoms with Crippen LogP contribution in [0, 0.1) is 0 Å². The average molecular weight is 203 g/mol. The molecule has 0 saturated carbocycles. The van der Waals surface area contributed by atoms with E-state index < -0.39 is 0 Å². The number of carbonyl (C=O) groups excluding carboxylic acids is 1. The van der Waals surface area contributed by atoms with Crippen molar-refractivity contribution in [3.8, 4) is 0 Å². The highest BCUT2D eigenvalue weighted by molar-refractivity contribution is 5.73. The minimum absolute atomic E-state index is 0.0801. The van der Waals surface area contributed by atoms with E-state index in [9.17, 15) is 4.79 Å². The van der Waals surface area contributed by atoms with Crippen molar-refractivity contribution in [1.29, 1.82) is 0 Å². The van der Waals surface area contributed by atoms with Crippen molar-refractivity contribution in [2.45, 2.75) is 53.5 Å². The number of hydrogen-bond acceptors (Lipinski definition) is 2. The lowest BCUT2D eigenvalue weighted by Gasteiger charge is -2.20. The molecule has 0 aromatic rings. The predicted octanol–water partition coefficient (Wildman–Crippen LogP) is 2.04. The van der Waals surface area contributed by atoms with E-state index in [1.807, 2.05) is 27.7 Å². The number of likely N-dealkylation sites (tertiary alicyclic amines) is 1. The Kier molecular flexibility index (Phi) is 11.9. The van der Waals surface area contributed by atoms with Crippen LogP contribution >= 0.6 is 0 Å². The minimum atomic E-state index is 0.0801. The predicted molar refractivity (Wildman–Crippen MR) is 60.2 cm³/mol. The fraction of sp³-hybridized carbons (Fsp3) is 0.909. The quantitative estimate of drug-likeness (QED) is 0.708. The zero-order chi connectivity index (χ0) is 11.6. The van der Waals surface area contributed by atoms with Crippen LogP contribution in [0.4, 0.5) is 0 Å². The Bertz CT molecular complexity index is 137. The van der Waals surface area contributed by atoms with Gasteiger partial charge >= 0.3 is 0 Å². The van der Waals surface area contributed by atoms with E-state index >= 15 is 0 Å². The molecule has 1 aliphatic rings. The van der Waals surface area contributed by atoms with Crippen molar-refractivity contribution in [2.24, 2.45) is 0 Å². The molecule has 0 aliphatic carbocycles. The summed E-state index contributed by atoms with van der Waals surface area (Å²) in [7, 11) is 0. The van der Waals surface area contributed by atoms with Crippen molar-refractivity contribution in [3.05, 3.63) is 0 Å². The zero-order valence-electron chi connectivity index (χ0n) is 10.2. The van der Waals surface area contributed by atoms with Gasteiger partial charge in [-0.25, -0.2) is 0 Å². The second-order valence-corrected chi connectivity index (χ2v) is 2.69. The van der Waals surface area contributed by atoms with Crippen molar-refractivity contribution in [1.82, 2.24) is 4.90 Å². The van der Waals surface area contributed by atoms with Gasteiger partial charge in [-0.05, 0) is 12.8 Å². The Morgan fingerprint density at radius 2 is 1.86 bits per heavy atom. The molecule has 1 amide bonds. The molecule has 1 N–H and O–H groups in total.